The minimum absolute atomic E-state index is 0.484. The number of anilines is 1. The summed E-state index contributed by atoms with van der Waals surface area (Å²) in [6, 6.07) is 10.9. The van der Waals surface area contributed by atoms with Crippen molar-refractivity contribution in [3.63, 3.8) is 0 Å². The van der Waals surface area contributed by atoms with Crippen molar-refractivity contribution in [2.45, 2.75) is 0 Å². The Balaban J connectivity index is 2.08. The number of oxazole rings is 1. The third-order valence-corrected chi connectivity index (χ3v) is 2.50. The molecule has 2 heterocycles. The number of hydrogen-bond donors (Lipinski definition) is 1. The molecule has 0 fully saturated rings. The highest BCUT2D eigenvalue weighted by atomic mass is 16.3. The highest BCUT2D eigenvalue weighted by Gasteiger charge is 2.08. The van der Waals surface area contributed by atoms with Crippen molar-refractivity contribution in [2.75, 3.05) is 5.32 Å². The lowest BCUT2D eigenvalue weighted by molar-refractivity contribution is -0.105. The maximum atomic E-state index is 10.4. The van der Waals surface area contributed by atoms with Crippen molar-refractivity contribution in [1.82, 2.24) is 9.97 Å². The lowest BCUT2D eigenvalue weighted by Crippen LogP contribution is -1.93. The van der Waals surface area contributed by atoms with Gasteiger partial charge in [-0.25, -0.2) is 4.98 Å². The van der Waals surface area contributed by atoms with E-state index in [4.69, 9.17) is 4.42 Å². The van der Waals surface area contributed by atoms with E-state index in [9.17, 15) is 4.79 Å². The molecule has 0 saturated heterocycles. The molecular formula is C13H9N3O2. The van der Waals surface area contributed by atoms with Gasteiger partial charge < -0.3 is 9.73 Å². The Labute approximate surface area is 102 Å². The maximum Gasteiger partial charge on any atom is 0.228 e. The maximum absolute atomic E-state index is 10.4. The molecule has 0 aliphatic heterocycles. The summed E-state index contributed by atoms with van der Waals surface area (Å²) >= 11 is 0. The van der Waals surface area contributed by atoms with E-state index in [-0.39, 0.29) is 0 Å². The Kier molecular flexibility index (Phi) is 2.49. The van der Waals surface area contributed by atoms with Crippen molar-refractivity contribution >= 4 is 23.3 Å². The van der Waals surface area contributed by atoms with Gasteiger partial charge >= 0.3 is 0 Å². The number of nitrogens with zero attached hydrogens (tertiary/aromatic N) is 2. The Morgan fingerprint density at radius 2 is 2.17 bits per heavy atom. The first-order chi connectivity index (χ1) is 8.86. The van der Waals surface area contributed by atoms with Crippen LogP contribution in [0.25, 0.3) is 22.7 Å². The fourth-order valence-corrected chi connectivity index (χ4v) is 1.70. The summed E-state index contributed by atoms with van der Waals surface area (Å²) in [6.07, 6.45) is 2.30. The summed E-state index contributed by atoms with van der Waals surface area (Å²) in [5.41, 5.74) is 2.69. The molecule has 0 bridgehead atoms. The van der Waals surface area contributed by atoms with Gasteiger partial charge in [0.15, 0.2) is 11.2 Å². The number of carbonyl (C=O) groups is 1. The van der Waals surface area contributed by atoms with Crippen molar-refractivity contribution in [2.24, 2.45) is 0 Å². The smallest absolute Gasteiger partial charge is 0.228 e. The van der Waals surface area contributed by atoms with E-state index >= 15 is 0 Å². The predicted octanol–water partition coefficient (Wildman–Crippen LogP) is 2.46. The number of aromatic nitrogens is 2. The van der Waals surface area contributed by atoms with Crippen LogP contribution in [0.15, 0.2) is 47.0 Å². The summed E-state index contributed by atoms with van der Waals surface area (Å²) < 4.78 is 5.60. The van der Waals surface area contributed by atoms with Crippen LogP contribution in [0.4, 0.5) is 5.69 Å². The molecular weight excluding hydrogens is 230 g/mol. The molecule has 5 nitrogen and oxygen atoms in total. The Morgan fingerprint density at radius 1 is 1.22 bits per heavy atom. The first-order valence-electron chi connectivity index (χ1n) is 5.39. The molecule has 3 aromatic rings. The molecule has 1 amide bonds. The molecule has 0 saturated carbocycles. The molecule has 0 spiro atoms. The molecule has 0 aliphatic carbocycles. The van der Waals surface area contributed by atoms with Gasteiger partial charge in [-0.15, -0.1) is 0 Å². The minimum Gasteiger partial charge on any atom is -0.434 e. The molecule has 2 aromatic heterocycles. The summed E-state index contributed by atoms with van der Waals surface area (Å²) in [5.74, 6) is 0.484. The molecule has 1 aromatic carbocycles. The van der Waals surface area contributed by atoms with Crippen LogP contribution in [0.2, 0.25) is 0 Å². The molecule has 88 valence electrons. The normalized spacial score (nSPS) is 10.4. The van der Waals surface area contributed by atoms with E-state index in [0.717, 1.165) is 5.56 Å². The second kappa shape index (κ2) is 4.29. The van der Waals surface area contributed by atoms with Crippen LogP contribution >= 0.6 is 0 Å². The molecule has 5 heteroatoms. The van der Waals surface area contributed by atoms with Crippen molar-refractivity contribution in [3.05, 3.63) is 42.6 Å². The number of pyridine rings is 1. The van der Waals surface area contributed by atoms with Gasteiger partial charge in [-0.2, -0.15) is 4.98 Å². The van der Waals surface area contributed by atoms with Crippen LogP contribution in [0, 0.1) is 0 Å². The number of carbonyl (C=O) groups excluding carboxylic acids is 1. The van der Waals surface area contributed by atoms with Crippen LogP contribution in [0.3, 0.4) is 0 Å². The van der Waals surface area contributed by atoms with Gasteiger partial charge in [0.2, 0.25) is 12.3 Å². The summed E-state index contributed by atoms with van der Waals surface area (Å²) in [7, 11) is 0. The van der Waals surface area contributed by atoms with E-state index < -0.39 is 0 Å². The average Bonchev–Trinajstić information content (AvgIpc) is 2.83. The summed E-state index contributed by atoms with van der Waals surface area (Å²) in [5, 5.41) is 2.59. The largest absolute Gasteiger partial charge is 0.434 e. The molecule has 0 atom stereocenters. The first-order valence-corrected chi connectivity index (χ1v) is 5.39. The van der Waals surface area contributed by atoms with Crippen LogP contribution in [-0.4, -0.2) is 16.4 Å². The van der Waals surface area contributed by atoms with E-state index in [1.165, 1.54) is 0 Å². The predicted molar refractivity (Wildman–Crippen MR) is 66.9 cm³/mol. The highest BCUT2D eigenvalue weighted by molar-refractivity contribution is 5.76. The van der Waals surface area contributed by atoms with Crippen LogP contribution < -0.4 is 5.32 Å². The summed E-state index contributed by atoms with van der Waals surface area (Å²) in [4.78, 5) is 18.8. The fourth-order valence-electron chi connectivity index (χ4n) is 1.70. The van der Waals surface area contributed by atoms with E-state index in [2.05, 4.69) is 15.3 Å². The third kappa shape index (κ3) is 1.82. The third-order valence-electron chi connectivity index (χ3n) is 2.50. The zero-order valence-corrected chi connectivity index (χ0v) is 9.33. The Morgan fingerprint density at radius 3 is 3.00 bits per heavy atom. The molecule has 3 rings (SSSR count). The summed E-state index contributed by atoms with van der Waals surface area (Å²) in [6.45, 7) is 0. The van der Waals surface area contributed by atoms with Crippen molar-refractivity contribution in [3.8, 4) is 11.5 Å². The standard InChI is InChI=1S/C13H9N3O2/c17-8-15-10-4-1-3-9(7-10)13-16-12-11(18-13)5-2-6-14-12/h1-8H,(H,15,17). The zero-order chi connectivity index (χ0) is 12.4. The molecule has 1 N–H and O–H groups in total. The number of rotatable bonds is 3. The van der Waals surface area contributed by atoms with E-state index in [1.807, 2.05) is 18.2 Å². The first kappa shape index (κ1) is 10.5. The van der Waals surface area contributed by atoms with Crippen LogP contribution in [0.5, 0.6) is 0 Å². The monoisotopic (exact) mass is 239 g/mol. The molecule has 0 unspecified atom stereocenters. The molecule has 18 heavy (non-hydrogen) atoms. The lowest BCUT2D eigenvalue weighted by Gasteiger charge is -1.99. The van der Waals surface area contributed by atoms with Crippen LogP contribution in [0.1, 0.15) is 0 Å². The van der Waals surface area contributed by atoms with Crippen molar-refractivity contribution in [1.29, 1.82) is 0 Å². The van der Waals surface area contributed by atoms with Gasteiger partial charge in [-0.05, 0) is 30.3 Å². The SMILES string of the molecule is O=CNc1cccc(-c2nc3ncccc3o2)c1. The Bertz CT molecular complexity index is 673. The highest BCUT2D eigenvalue weighted by Crippen LogP contribution is 2.24. The van der Waals surface area contributed by atoms with Crippen LogP contribution in [-0.2, 0) is 4.79 Å². The van der Waals surface area contributed by atoms with Gasteiger partial charge in [0.25, 0.3) is 0 Å². The van der Waals surface area contributed by atoms with Gasteiger partial charge in [-0.3, -0.25) is 4.79 Å². The zero-order valence-electron chi connectivity index (χ0n) is 9.33. The van der Waals surface area contributed by atoms with E-state index in [0.29, 0.717) is 29.2 Å². The fraction of sp³-hybridized carbons (Fsp3) is 0. The van der Waals surface area contributed by atoms with Gasteiger partial charge in [0, 0.05) is 17.4 Å². The number of fused-ring (bicyclic) bond motifs is 1. The molecule has 0 radical (unpaired) electrons. The minimum atomic E-state index is 0.484. The average molecular weight is 239 g/mol. The van der Waals surface area contributed by atoms with Gasteiger partial charge in [-0.1, -0.05) is 6.07 Å². The van der Waals surface area contributed by atoms with Gasteiger partial charge in [0.05, 0.1) is 0 Å². The topological polar surface area (TPSA) is 68.0 Å². The second-order valence-corrected chi connectivity index (χ2v) is 3.69. The Hall–Kier alpha value is -2.69. The quantitative estimate of drug-likeness (QED) is 0.713. The van der Waals surface area contributed by atoms with E-state index in [1.54, 1.807) is 24.4 Å². The number of hydrogen-bond acceptors (Lipinski definition) is 4. The molecule has 0 aliphatic rings. The number of nitrogens with one attached hydrogen (secondary N) is 1. The number of amides is 1. The van der Waals surface area contributed by atoms with Gasteiger partial charge in [0.1, 0.15) is 0 Å². The van der Waals surface area contributed by atoms with Crippen molar-refractivity contribution < 1.29 is 9.21 Å². The lowest BCUT2D eigenvalue weighted by atomic mass is 10.2. The second-order valence-electron chi connectivity index (χ2n) is 3.69. The number of benzene rings is 1.